The fraction of sp³-hybridized carbons (Fsp3) is 0.438. The fourth-order valence-electron chi connectivity index (χ4n) is 1.97. The lowest BCUT2D eigenvalue weighted by Crippen LogP contribution is -2.34. The van der Waals surface area contributed by atoms with Gasteiger partial charge in [-0.25, -0.2) is 0 Å². The Balaban J connectivity index is 1.82. The maximum atomic E-state index is 11.9. The third kappa shape index (κ3) is 5.84. The second-order valence-electron chi connectivity index (χ2n) is 5.23. The maximum Gasteiger partial charge on any atom is 0.230 e. The average molecular weight is 351 g/mol. The minimum absolute atomic E-state index is 0.0481. The number of carbonyl (C=O) groups is 1. The van der Waals surface area contributed by atoms with E-state index in [4.69, 9.17) is 0 Å². The molecule has 0 bridgehead atoms. The van der Waals surface area contributed by atoms with Crippen LogP contribution < -0.4 is 10.6 Å². The monoisotopic (exact) mass is 350 g/mol. The molecule has 0 aliphatic heterocycles. The van der Waals surface area contributed by atoms with Crippen LogP contribution in [0.15, 0.2) is 28.6 Å². The van der Waals surface area contributed by atoms with Crippen LogP contribution >= 0.6 is 23.1 Å². The summed E-state index contributed by atoms with van der Waals surface area (Å²) in [6.07, 6.45) is 1.91. The number of carbonyl (C=O) groups excluding carboxylic acids is 1. The maximum absolute atomic E-state index is 11.9. The summed E-state index contributed by atoms with van der Waals surface area (Å²) in [5, 5.41) is 15.2. The molecule has 2 aromatic rings. The zero-order valence-electron chi connectivity index (χ0n) is 13.6. The highest BCUT2D eigenvalue weighted by Gasteiger charge is 2.11. The zero-order valence-corrected chi connectivity index (χ0v) is 15.3. The molecule has 0 saturated heterocycles. The van der Waals surface area contributed by atoms with Crippen molar-refractivity contribution in [2.75, 3.05) is 11.1 Å². The molecule has 0 atom stereocenters. The first-order chi connectivity index (χ1) is 11.1. The molecule has 0 aliphatic carbocycles. The van der Waals surface area contributed by atoms with E-state index in [0.29, 0.717) is 5.75 Å². The van der Waals surface area contributed by atoms with Gasteiger partial charge in [-0.1, -0.05) is 54.6 Å². The standard InChI is InChI=1S/C16H22N4OS2/c1-4-12(5-2)17-14(21)10-22-16-20-19-15(23-16)18-13-8-6-11(3)7-9-13/h6-9,12H,4-5,10H2,1-3H3,(H,17,21)(H,18,19). The van der Waals surface area contributed by atoms with Crippen LogP contribution in [0.3, 0.4) is 0 Å². The van der Waals surface area contributed by atoms with Crippen LogP contribution in [0, 0.1) is 6.92 Å². The molecule has 0 spiro atoms. The number of hydrogen-bond acceptors (Lipinski definition) is 6. The zero-order chi connectivity index (χ0) is 16.7. The van der Waals surface area contributed by atoms with E-state index in [2.05, 4.69) is 41.6 Å². The number of hydrogen-bond donors (Lipinski definition) is 2. The van der Waals surface area contributed by atoms with Crippen LogP contribution in [0.4, 0.5) is 10.8 Å². The first-order valence-electron chi connectivity index (χ1n) is 7.70. The Morgan fingerprint density at radius 2 is 1.91 bits per heavy atom. The highest BCUT2D eigenvalue weighted by atomic mass is 32.2. The lowest BCUT2D eigenvalue weighted by molar-refractivity contribution is -0.119. The predicted octanol–water partition coefficient (Wildman–Crippen LogP) is 3.99. The van der Waals surface area contributed by atoms with Crippen molar-refractivity contribution in [1.82, 2.24) is 15.5 Å². The third-order valence-electron chi connectivity index (χ3n) is 3.39. The van der Waals surface area contributed by atoms with Crippen LogP contribution in [0.5, 0.6) is 0 Å². The molecule has 2 rings (SSSR count). The van der Waals surface area contributed by atoms with Crippen molar-refractivity contribution in [2.24, 2.45) is 0 Å². The Kier molecular flexibility index (Phi) is 6.85. The van der Waals surface area contributed by atoms with Crippen LogP contribution in [0.1, 0.15) is 32.3 Å². The molecule has 0 aliphatic rings. The van der Waals surface area contributed by atoms with E-state index in [9.17, 15) is 4.79 Å². The molecule has 124 valence electrons. The number of aryl methyl sites for hydroxylation is 1. The van der Waals surface area contributed by atoms with Gasteiger partial charge in [-0.3, -0.25) is 4.79 Å². The smallest absolute Gasteiger partial charge is 0.230 e. The van der Waals surface area contributed by atoms with E-state index in [1.807, 2.05) is 24.3 Å². The summed E-state index contributed by atoms with van der Waals surface area (Å²) in [7, 11) is 0. The molecule has 5 nitrogen and oxygen atoms in total. The summed E-state index contributed by atoms with van der Waals surface area (Å²) in [4.78, 5) is 11.9. The Morgan fingerprint density at radius 1 is 1.22 bits per heavy atom. The average Bonchev–Trinajstić information content (AvgIpc) is 3.00. The summed E-state index contributed by atoms with van der Waals surface area (Å²) in [6, 6.07) is 8.36. The Morgan fingerprint density at radius 3 is 2.57 bits per heavy atom. The number of benzene rings is 1. The van der Waals surface area contributed by atoms with Gasteiger partial charge in [0.15, 0.2) is 4.34 Å². The molecular weight excluding hydrogens is 328 g/mol. The van der Waals surface area contributed by atoms with E-state index < -0.39 is 0 Å². The molecule has 0 radical (unpaired) electrons. The van der Waals surface area contributed by atoms with E-state index >= 15 is 0 Å². The highest BCUT2D eigenvalue weighted by molar-refractivity contribution is 8.01. The number of anilines is 2. The van der Waals surface area contributed by atoms with Crippen LogP contribution in [0.25, 0.3) is 0 Å². The van der Waals surface area contributed by atoms with Crippen molar-refractivity contribution in [1.29, 1.82) is 0 Å². The summed E-state index contributed by atoms with van der Waals surface area (Å²) >= 11 is 2.87. The van der Waals surface area contributed by atoms with E-state index in [-0.39, 0.29) is 11.9 Å². The van der Waals surface area contributed by atoms with Gasteiger partial charge >= 0.3 is 0 Å². The molecule has 1 aromatic carbocycles. The number of nitrogens with zero attached hydrogens (tertiary/aromatic N) is 2. The Bertz CT molecular complexity index is 623. The van der Waals surface area contributed by atoms with E-state index in [1.165, 1.54) is 28.7 Å². The molecule has 7 heteroatoms. The normalized spacial score (nSPS) is 10.8. The summed E-state index contributed by atoms with van der Waals surface area (Å²) in [6.45, 7) is 6.21. The number of amides is 1. The lowest BCUT2D eigenvalue weighted by atomic mass is 10.2. The minimum Gasteiger partial charge on any atom is -0.353 e. The summed E-state index contributed by atoms with van der Waals surface area (Å²) in [5.74, 6) is 0.419. The van der Waals surface area contributed by atoms with Crippen LogP contribution in [-0.4, -0.2) is 27.9 Å². The second kappa shape index (κ2) is 8.88. The number of rotatable bonds is 8. The SMILES string of the molecule is CCC(CC)NC(=O)CSc1nnc(Nc2ccc(C)cc2)s1. The molecule has 0 fully saturated rings. The van der Waals surface area contributed by atoms with Gasteiger partial charge in [-0.15, -0.1) is 10.2 Å². The minimum atomic E-state index is 0.0481. The fourth-order valence-corrected chi connectivity index (χ4v) is 3.55. The molecule has 1 heterocycles. The molecule has 0 unspecified atom stereocenters. The van der Waals surface area contributed by atoms with Crippen molar-refractivity contribution < 1.29 is 4.79 Å². The quantitative estimate of drug-likeness (QED) is 0.705. The van der Waals surface area contributed by atoms with Crippen molar-refractivity contribution >= 4 is 39.8 Å². The largest absolute Gasteiger partial charge is 0.353 e. The highest BCUT2D eigenvalue weighted by Crippen LogP contribution is 2.27. The van der Waals surface area contributed by atoms with Crippen LogP contribution in [-0.2, 0) is 4.79 Å². The first kappa shape index (κ1) is 17.7. The van der Waals surface area contributed by atoms with Gasteiger partial charge in [-0.05, 0) is 31.9 Å². The van der Waals surface area contributed by atoms with Crippen molar-refractivity contribution in [3.63, 3.8) is 0 Å². The topological polar surface area (TPSA) is 66.9 Å². The van der Waals surface area contributed by atoms with E-state index in [1.54, 1.807) is 0 Å². The van der Waals surface area contributed by atoms with Crippen molar-refractivity contribution in [2.45, 2.75) is 44.0 Å². The van der Waals surface area contributed by atoms with Gasteiger partial charge in [0.05, 0.1) is 5.75 Å². The van der Waals surface area contributed by atoms with Crippen molar-refractivity contribution in [3.8, 4) is 0 Å². The van der Waals surface area contributed by atoms with Crippen LogP contribution in [0.2, 0.25) is 0 Å². The van der Waals surface area contributed by atoms with E-state index in [0.717, 1.165) is 28.0 Å². The van der Waals surface area contributed by atoms with Gasteiger partial charge < -0.3 is 10.6 Å². The summed E-state index contributed by atoms with van der Waals surface area (Å²) in [5.41, 5.74) is 2.20. The van der Waals surface area contributed by atoms with Gasteiger partial charge in [0.25, 0.3) is 0 Å². The van der Waals surface area contributed by atoms with Gasteiger partial charge in [0.1, 0.15) is 0 Å². The first-order valence-corrected chi connectivity index (χ1v) is 9.50. The number of nitrogens with one attached hydrogen (secondary N) is 2. The molecule has 1 amide bonds. The predicted molar refractivity (Wildman–Crippen MR) is 97.6 cm³/mol. The molecule has 2 N–H and O–H groups in total. The Hall–Kier alpha value is -1.60. The lowest BCUT2D eigenvalue weighted by Gasteiger charge is -2.13. The van der Waals surface area contributed by atoms with Crippen molar-refractivity contribution in [3.05, 3.63) is 29.8 Å². The number of aromatic nitrogens is 2. The third-order valence-corrected chi connectivity index (χ3v) is 5.36. The van der Waals surface area contributed by atoms with Gasteiger partial charge in [0.2, 0.25) is 11.0 Å². The molecule has 1 aromatic heterocycles. The molecular formula is C16H22N4OS2. The summed E-state index contributed by atoms with van der Waals surface area (Å²) < 4.78 is 0.791. The van der Waals surface area contributed by atoms with Gasteiger partial charge in [-0.2, -0.15) is 0 Å². The second-order valence-corrected chi connectivity index (χ2v) is 7.43. The number of thioether (sulfide) groups is 1. The Labute approximate surface area is 145 Å². The molecule has 0 saturated carbocycles. The molecule has 23 heavy (non-hydrogen) atoms. The van der Waals surface area contributed by atoms with Gasteiger partial charge in [0, 0.05) is 11.7 Å².